The van der Waals surface area contributed by atoms with Crippen LogP contribution in [0.3, 0.4) is 0 Å². The monoisotopic (exact) mass is 217 g/mol. The summed E-state index contributed by atoms with van der Waals surface area (Å²) in [5, 5.41) is 4.40. The van der Waals surface area contributed by atoms with Gasteiger partial charge in [-0.15, -0.1) is 0 Å². The third-order valence-electron chi connectivity index (χ3n) is 2.21. The van der Waals surface area contributed by atoms with Crippen LogP contribution in [0, 0.1) is 0 Å². The van der Waals surface area contributed by atoms with Crippen molar-refractivity contribution in [2.45, 2.75) is 26.5 Å². The van der Waals surface area contributed by atoms with Gasteiger partial charge in [-0.1, -0.05) is 0 Å². The average Bonchev–Trinajstić information content (AvgIpc) is 2.76. The van der Waals surface area contributed by atoms with Crippen molar-refractivity contribution in [3.63, 3.8) is 0 Å². The summed E-state index contributed by atoms with van der Waals surface area (Å²) in [6.45, 7) is 4.67. The van der Waals surface area contributed by atoms with E-state index in [2.05, 4.69) is 23.9 Å². The zero-order chi connectivity index (χ0) is 11.4. The van der Waals surface area contributed by atoms with Gasteiger partial charge in [0.05, 0.1) is 11.9 Å². The summed E-state index contributed by atoms with van der Waals surface area (Å²) in [7, 11) is 0. The number of ether oxygens (including phenoxy) is 1. The average molecular weight is 217 g/mol. The molecule has 0 saturated heterocycles. The summed E-state index contributed by atoms with van der Waals surface area (Å²) < 4.78 is 7.47. The number of aromatic nitrogens is 3. The molecule has 0 spiro atoms. The normalized spacial score (nSPS) is 10.7. The maximum atomic E-state index is 5.55. The fraction of sp³-hybridized carbons (Fsp3) is 0.333. The molecule has 2 rings (SSSR count). The van der Waals surface area contributed by atoms with E-state index in [0.29, 0.717) is 12.6 Å². The summed E-state index contributed by atoms with van der Waals surface area (Å²) in [5.41, 5.74) is 0.928. The molecule has 0 N–H and O–H groups in total. The van der Waals surface area contributed by atoms with E-state index in [0.717, 1.165) is 11.4 Å². The highest BCUT2D eigenvalue weighted by Gasteiger charge is 2.02. The van der Waals surface area contributed by atoms with Crippen LogP contribution in [0.1, 0.15) is 25.6 Å². The molecule has 84 valence electrons. The van der Waals surface area contributed by atoms with Crippen molar-refractivity contribution in [2.75, 3.05) is 0 Å². The number of hydrogen-bond acceptors (Lipinski definition) is 3. The highest BCUT2D eigenvalue weighted by Crippen LogP contribution is 2.10. The van der Waals surface area contributed by atoms with Crippen molar-refractivity contribution in [2.24, 2.45) is 0 Å². The van der Waals surface area contributed by atoms with E-state index in [9.17, 15) is 0 Å². The van der Waals surface area contributed by atoms with Gasteiger partial charge in [-0.2, -0.15) is 5.10 Å². The smallest absolute Gasteiger partial charge is 0.138 e. The summed E-state index contributed by atoms with van der Waals surface area (Å²) in [6, 6.07) is 6.08. The minimum absolute atomic E-state index is 0.382. The minimum Gasteiger partial charge on any atom is -0.486 e. The first-order valence-electron chi connectivity index (χ1n) is 5.32. The van der Waals surface area contributed by atoms with E-state index >= 15 is 0 Å². The lowest BCUT2D eigenvalue weighted by molar-refractivity contribution is 0.297. The van der Waals surface area contributed by atoms with E-state index in [1.165, 1.54) is 0 Å². The molecule has 16 heavy (non-hydrogen) atoms. The Morgan fingerprint density at radius 3 is 2.88 bits per heavy atom. The quantitative estimate of drug-likeness (QED) is 0.789. The highest BCUT2D eigenvalue weighted by molar-refractivity contribution is 5.15. The fourth-order valence-corrected chi connectivity index (χ4v) is 1.33. The summed E-state index contributed by atoms with van der Waals surface area (Å²) in [6.07, 6.45) is 5.38. The minimum atomic E-state index is 0.382. The van der Waals surface area contributed by atoms with Crippen molar-refractivity contribution in [1.29, 1.82) is 0 Å². The Bertz CT molecular complexity index is 437. The molecule has 0 aliphatic heterocycles. The fourth-order valence-electron chi connectivity index (χ4n) is 1.33. The van der Waals surface area contributed by atoms with Gasteiger partial charge in [-0.05, 0) is 32.0 Å². The highest BCUT2D eigenvalue weighted by atomic mass is 16.5. The van der Waals surface area contributed by atoms with Crippen LogP contribution in [0.15, 0.2) is 36.8 Å². The van der Waals surface area contributed by atoms with Gasteiger partial charge in [0.25, 0.3) is 0 Å². The molecule has 0 radical (unpaired) electrons. The Labute approximate surface area is 94.9 Å². The number of nitrogens with zero attached hydrogens (tertiary/aromatic N) is 3. The zero-order valence-electron chi connectivity index (χ0n) is 9.50. The predicted octanol–water partition coefficient (Wildman–Crippen LogP) is 2.44. The molecular weight excluding hydrogens is 202 g/mol. The molecule has 2 aromatic rings. The third kappa shape index (κ3) is 2.59. The zero-order valence-corrected chi connectivity index (χ0v) is 9.50. The van der Waals surface area contributed by atoms with Crippen LogP contribution in [0.2, 0.25) is 0 Å². The first-order chi connectivity index (χ1) is 7.75. The van der Waals surface area contributed by atoms with Gasteiger partial charge in [0, 0.05) is 18.4 Å². The van der Waals surface area contributed by atoms with Gasteiger partial charge in [-0.25, -0.2) is 0 Å². The summed E-state index contributed by atoms with van der Waals surface area (Å²) >= 11 is 0. The van der Waals surface area contributed by atoms with Crippen LogP contribution < -0.4 is 4.74 Å². The molecule has 0 bridgehead atoms. The molecule has 0 unspecified atom stereocenters. The number of hydrogen-bond donors (Lipinski definition) is 0. The van der Waals surface area contributed by atoms with Crippen LogP contribution in [0.25, 0.3) is 0 Å². The summed E-state index contributed by atoms with van der Waals surface area (Å²) in [5.74, 6) is 0.765. The van der Waals surface area contributed by atoms with E-state index in [-0.39, 0.29) is 0 Å². The van der Waals surface area contributed by atoms with Crippen LogP contribution in [0.5, 0.6) is 5.75 Å². The molecule has 0 aliphatic carbocycles. The summed E-state index contributed by atoms with van der Waals surface area (Å²) in [4.78, 5) is 3.98. The Hall–Kier alpha value is -1.84. The lowest BCUT2D eigenvalue weighted by Gasteiger charge is -2.05. The molecule has 4 heteroatoms. The van der Waals surface area contributed by atoms with Gasteiger partial charge in [0.15, 0.2) is 0 Å². The van der Waals surface area contributed by atoms with Gasteiger partial charge in [0.1, 0.15) is 12.4 Å². The molecule has 2 heterocycles. The van der Waals surface area contributed by atoms with Gasteiger partial charge in [-0.3, -0.25) is 9.67 Å². The standard InChI is InChI=1S/C12H15N3O/c1-10(2)15-7-5-11(14-15)9-16-12-4-3-6-13-8-12/h3-8,10H,9H2,1-2H3. The van der Waals surface area contributed by atoms with Crippen molar-refractivity contribution >= 4 is 0 Å². The van der Waals surface area contributed by atoms with Crippen LogP contribution in [-0.4, -0.2) is 14.8 Å². The van der Waals surface area contributed by atoms with E-state index < -0.39 is 0 Å². The molecule has 0 aromatic carbocycles. The van der Waals surface area contributed by atoms with Crippen LogP contribution in [-0.2, 0) is 6.61 Å². The molecule has 0 aliphatic rings. The predicted molar refractivity (Wildman–Crippen MR) is 61.2 cm³/mol. The van der Waals surface area contributed by atoms with Crippen molar-refractivity contribution < 1.29 is 4.74 Å². The SMILES string of the molecule is CC(C)n1ccc(COc2cccnc2)n1. The molecule has 0 amide bonds. The van der Waals surface area contributed by atoms with Gasteiger partial charge >= 0.3 is 0 Å². The third-order valence-corrected chi connectivity index (χ3v) is 2.21. The van der Waals surface area contributed by atoms with E-state index in [1.54, 1.807) is 12.4 Å². The largest absolute Gasteiger partial charge is 0.486 e. The first-order valence-corrected chi connectivity index (χ1v) is 5.32. The Morgan fingerprint density at radius 2 is 2.25 bits per heavy atom. The second-order valence-corrected chi connectivity index (χ2v) is 3.86. The number of rotatable bonds is 4. The van der Waals surface area contributed by atoms with E-state index in [1.807, 2.05) is 29.1 Å². The second-order valence-electron chi connectivity index (χ2n) is 3.86. The Balaban J connectivity index is 1.95. The molecule has 2 aromatic heterocycles. The molecule has 0 saturated carbocycles. The van der Waals surface area contributed by atoms with Gasteiger partial charge < -0.3 is 4.74 Å². The second kappa shape index (κ2) is 4.79. The Kier molecular flexibility index (Phi) is 3.19. The first kappa shape index (κ1) is 10.7. The molecule has 0 fully saturated rings. The lowest BCUT2D eigenvalue weighted by Crippen LogP contribution is -2.03. The maximum Gasteiger partial charge on any atom is 0.138 e. The Morgan fingerprint density at radius 1 is 1.38 bits per heavy atom. The molecule has 0 atom stereocenters. The van der Waals surface area contributed by atoms with E-state index in [4.69, 9.17) is 4.74 Å². The van der Waals surface area contributed by atoms with Crippen molar-refractivity contribution in [1.82, 2.24) is 14.8 Å². The molecular formula is C12H15N3O. The number of pyridine rings is 1. The van der Waals surface area contributed by atoms with Crippen LogP contribution in [0.4, 0.5) is 0 Å². The van der Waals surface area contributed by atoms with Crippen molar-refractivity contribution in [3.05, 3.63) is 42.5 Å². The van der Waals surface area contributed by atoms with Crippen LogP contribution >= 0.6 is 0 Å². The molecule has 4 nitrogen and oxygen atoms in total. The van der Waals surface area contributed by atoms with Gasteiger partial charge in [0.2, 0.25) is 0 Å². The lowest BCUT2D eigenvalue weighted by atomic mass is 10.4. The van der Waals surface area contributed by atoms with Crippen molar-refractivity contribution in [3.8, 4) is 5.75 Å². The maximum absolute atomic E-state index is 5.55. The topological polar surface area (TPSA) is 39.9 Å².